The van der Waals surface area contributed by atoms with E-state index in [1.165, 1.54) is 18.9 Å². The van der Waals surface area contributed by atoms with E-state index in [0.29, 0.717) is 18.0 Å². The Balaban J connectivity index is 2.47. The Bertz CT molecular complexity index is 381. The zero-order valence-corrected chi connectivity index (χ0v) is 10.5. The van der Waals surface area contributed by atoms with Crippen molar-refractivity contribution in [3.63, 3.8) is 0 Å². The van der Waals surface area contributed by atoms with E-state index in [0.717, 1.165) is 0 Å². The molecule has 0 radical (unpaired) electrons. The third-order valence-electron chi connectivity index (χ3n) is 1.90. The van der Waals surface area contributed by atoms with Gasteiger partial charge in [-0.2, -0.15) is 26.7 Å². The molecule has 0 aromatic carbocycles. The van der Waals surface area contributed by atoms with Crippen LogP contribution in [0.25, 0.3) is 0 Å². The van der Waals surface area contributed by atoms with Crippen LogP contribution in [0.2, 0.25) is 0 Å². The Hall–Kier alpha value is -1.57. The first-order chi connectivity index (χ1) is 8.01. The quantitative estimate of drug-likeness (QED) is 0.719. The average molecular weight is 257 g/mol. The van der Waals surface area contributed by atoms with Crippen molar-refractivity contribution in [1.29, 1.82) is 0 Å². The van der Waals surface area contributed by atoms with Crippen molar-refractivity contribution >= 4 is 29.6 Å². The number of esters is 1. The molecule has 1 aromatic rings. The number of nitrogens with two attached hydrogens (primary N) is 2. The molecule has 0 aliphatic rings. The molecular formula is C9H15N5O2S. The number of rotatable bonds is 5. The second-order valence-corrected chi connectivity index (χ2v) is 4.80. The molecule has 0 saturated heterocycles. The molecule has 4 N–H and O–H groups in total. The van der Waals surface area contributed by atoms with Crippen molar-refractivity contribution in [3.05, 3.63) is 5.82 Å². The number of aromatic nitrogens is 3. The average Bonchev–Trinajstić information content (AvgIpc) is 2.25. The molecule has 0 spiro atoms. The third-order valence-corrected chi connectivity index (χ3v) is 3.06. The Morgan fingerprint density at radius 2 is 1.94 bits per heavy atom. The van der Waals surface area contributed by atoms with Crippen LogP contribution in [0.1, 0.15) is 19.2 Å². The Kier molecular flexibility index (Phi) is 4.95. The highest BCUT2D eigenvalue weighted by Gasteiger charge is 2.11. The molecule has 17 heavy (non-hydrogen) atoms. The van der Waals surface area contributed by atoms with Crippen LogP contribution in [0, 0.1) is 0 Å². The highest BCUT2D eigenvalue weighted by Crippen LogP contribution is 2.18. The molecule has 0 amide bonds. The van der Waals surface area contributed by atoms with Crippen LogP contribution in [0.3, 0.4) is 0 Å². The molecule has 94 valence electrons. The van der Waals surface area contributed by atoms with E-state index in [1.54, 1.807) is 0 Å². The van der Waals surface area contributed by atoms with Crippen molar-refractivity contribution in [2.45, 2.75) is 24.3 Å². The fourth-order valence-corrected chi connectivity index (χ4v) is 1.93. The molecule has 1 heterocycles. The largest absolute Gasteiger partial charge is 0.469 e. The lowest BCUT2D eigenvalue weighted by Crippen LogP contribution is -2.10. The predicted octanol–water partition coefficient (Wildman–Crippen LogP) is 0.221. The minimum absolute atomic E-state index is 0.105. The van der Waals surface area contributed by atoms with Crippen molar-refractivity contribution in [2.24, 2.45) is 0 Å². The fourth-order valence-electron chi connectivity index (χ4n) is 1.12. The molecule has 0 aliphatic carbocycles. The van der Waals surface area contributed by atoms with E-state index in [9.17, 15) is 4.79 Å². The summed E-state index contributed by atoms with van der Waals surface area (Å²) >= 11 is 1.53. The van der Waals surface area contributed by atoms with Crippen LogP contribution < -0.4 is 11.5 Å². The standard InChI is InChI=1S/C9H15N5O2S/c1-5(3-7(15)16-2)17-4-6-12-8(10)14-9(11)13-6/h5H,3-4H2,1-2H3,(H4,10,11,12,13,14). The van der Waals surface area contributed by atoms with Gasteiger partial charge in [0.2, 0.25) is 11.9 Å². The number of methoxy groups -OCH3 is 1. The highest BCUT2D eigenvalue weighted by molar-refractivity contribution is 7.99. The molecule has 7 nitrogen and oxygen atoms in total. The highest BCUT2D eigenvalue weighted by atomic mass is 32.2. The summed E-state index contributed by atoms with van der Waals surface area (Å²) in [6.45, 7) is 1.93. The lowest BCUT2D eigenvalue weighted by atomic mass is 10.3. The molecule has 1 rings (SSSR count). The molecule has 0 bridgehead atoms. The Morgan fingerprint density at radius 3 is 2.47 bits per heavy atom. The zero-order chi connectivity index (χ0) is 12.8. The molecule has 0 saturated carbocycles. The summed E-state index contributed by atoms with van der Waals surface area (Å²) in [5, 5.41) is 0.113. The van der Waals surface area contributed by atoms with Crippen LogP contribution in [0.15, 0.2) is 0 Å². The van der Waals surface area contributed by atoms with Gasteiger partial charge in [0.25, 0.3) is 0 Å². The first-order valence-corrected chi connectivity index (χ1v) is 6.00. The molecule has 0 aliphatic heterocycles. The van der Waals surface area contributed by atoms with E-state index in [2.05, 4.69) is 19.7 Å². The number of carbonyl (C=O) groups excluding carboxylic acids is 1. The summed E-state index contributed by atoms with van der Waals surface area (Å²) in [7, 11) is 1.37. The second kappa shape index (κ2) is 6.24. The van der Waals surface area contributed by atoms with E-state index in [1.807, 2.05) is 6.92 Å². The zero-order valence-electron chi connectivity index (χ0n) is 9.71. The van der Waals surface area contributed by atoms with Crippen LogP contribution in [0.5, 0.6) is 0 Å². The SMILES string of the molecule is COC(=O)CC(C)SCc1nc(N)nc(N)n1. The number of hydrogen-bond acceptors (Lipinski definition) is 8. The molecule has 1 atom stereocenters. The number of carbonyl (C=O) groups is 1. The van der Waals surface area contributed by atoms with Gasteiger partial charge in [0.15, 0.2) is 0 Å². The molecule has 1 unspecified atom stereocenters. The van der Waals surface area contributed by atoms with Crippen molar-refractivity contribution < 1.29 is 9.53 Å². The number of anilines is 2. The summed E-state index contributed by atoms with van der Waals surface area (Å²) < 4.78 is 4.58. The Morgan fingerprint density at radius 1 is 1.35 bits per heavy atom. The van der Waals surface area contributed by atoms with Gasteiger partial charge >= 0.3 is 5.97 Å². The summed E-state index contributed by atoms with van der Waals surface area (Å²) in [5.74, 6) is 1.01. The number of nitrogens with zero attached hydrogens (tertiary/aromatic N) is 3. The number of hydrogen-bond donors (Lipinski definition) is 2. The lowest BCUT2D eigenvalue weighted by molar-refractivity contribution is -0.140. The van der Waals surface area contributed by atoms with Gasteiger partial charge in [-0.3, -0.25) is 4.79 Å². The molecule has 8 heteroatoms. The van der Waals surface area contributed by atoms with Crippen LogP contribution >= 0.6 is 11.8 Å². The van der Waals surface area contributed by atoms with Gasteiger partial charge in [-0.05, 0) is 0 Å². The second-order valence-electron chi connectivity index (χ2n) is 3.37. The number of ether oxygens (including phenoxy) is 1. The minimum Gasteiger partial charge on any atom is -0.469 e. The molecule has 1 aromatic heterocycles. The smallest absolute Gasteiger partial charge is 0.306 e. The lowest BCUT2D eigenvalue weighted by Gasteiger charge is -2.09. The summed E-state index contributed by atoms with van der Waals surface area (Å²) in [6, 6.07) is 0. The van der Waals surface area contributed by atoms with Crippen molar-refractivity contribution in [1.82, 2.24) is 15.0 Å². The van der Waals surface area contributed by atoms with Crippen LogP contribution in [-0.4, -0.2) is 33.3 Å². The molecule has 0 fully saturated rings. The van der Waals surface area contributed by atoms with Gasteiger partial charge in [0.1, 0.15) is 5.82 Å². The first-order valence-electron chi connectivity index (χ1n) is 4.95. The Labute approximate surface area is 103 Å². The third kappa shape index (κ3) is 4.85. The van der Waals surface area contributed by atoms with Gasteiger partial charge in [0.05, 0.1) is 19.3 Å². The maximum absolute atomic E-state index is 11.0. The number of thioether (sulfide) groups is 1. The van der Waals surface area contributed by atoms with Gasteiger partial charge in [-0.25, -0.2) is 0 Å². The van der Waals surface area contributed by atoms with Crippen LogP contribution in [0.4, 0.5) is 11.9 Å². The monoisotopic (exact) mass is 257 g/mol. The predicted molar refractivity (Wildman–Crippen MR) is 66.0 cm³/mol. The van der Waals surface area contributed by atoms with E-state index < -0.39 is 0 Å². The normalized spacial score (nSPS) is 12.1. The van der Waals surface area contributed by atoms with Crippen molar-refractivity contribution in [3.8, 4) is 0 Å². The van der Waals surface area contributed by atoms with E-state index >= 15 is 0 Å². The first kappa shape index (κ1) is 13.5. The molecular weight excluding hydrogens is 242 g/mol. The van der Waals surface area contributed by atoms with E-state index in [-0.39, 0.29) is 23.1 Å². The van der Waals surface area contributed by atoms with Gasteiger partial charge in [-0.1, -0.05) is 6.92 Å². The van der Waals surface area contributed by atoms with Gasteiger partial charge in [0, 0.05) is 5.25 Å². The summed E-state index contributed by atoms with van der Waals surface area (Å²) in [6.07, 6.45) is 0.344. The summed E-state index contributed by atoms with van der Waals surface area (Å²) in [5.41, 5.74) is 10.9. The maximum Gasteiger partial charge on any atom is 0.306 e. The summed E-state index contributed by atoms with van der Waals surface area (Å²) in [4.78, 5) is 22.6. The van der Waals surface area contributed by atoms with Crippen LogP contribution in [-0.2, 0) is 15.3 Å². The maximum atomic E-state index is 11.0. The minimum atomic E-state index is -0.236. The van der Waals surface area contributed by atoms with Gasteiger partial charge < -0.3 is 16.2 Å². The number of nitrogen functional groups attached to an aromatic ring is 2. The topological polar surface area (TPSA) is 117 Å². The van der Waals surface area contributed by atoms with Gasteiger partial charge in [-0.15, -0.1) is 0 Å². The fraction of sp³-hybridized carbons (Fsp3) is 0.556. The van der Waals surface area contributed by atoms with Crippen molar-refractivity contribution in [2.75, 3.05) is 18.6 Å². The van der Waals surface area contributed by atoms with E-state index in [4.69, 9.17) is 11.5 Å².